The quantitative estimate of drug-likeness (QED) is 0.518. The predicted octanol–water partition coefficient (Wildman–Crippen LogP) is 2.31. The Balaban J connectivity index is 1.82. The normalized spacial score (nSPS) is 26.3. The zero-order chi connectivity index (χ0) is 18.0. The van der Waals surface area contributed by atoms with Gasteiger partial charge < -0.3 is 10.1 Å². The molecule has 1 saturated heterocycles. The summed E-state index contributed by atoms with van der Waals surface area (Å²) < 4.78 is 4.73. The van der Waals surface area contributed by atoms with Crippen LogP contribution in [0.25, 0.3) is 0 Å². The van der Waals surface area contributed by atoms with Crippen LogP contribution in [0.5, 0.6) is 0 Å². The molecule has 7 nitrogen and oxygen atoms in total. The van der Waals surface area contributed by atoms with Crippen molar-refractivity contribution in [3.05, 3.63) is 35.4 Å². The number of ether oxygens (including phenoxy) is 1. The van der Waals surface area contributed by atoms with Gasteiger partial charge in [-0.25, -0.2) is 9.59 Å². The summed E-state index contributed by atoms with van der Waals surface area (Å²) in [6.45, 7) is 2.15. The Bertz CT molecular complexity index is 736. The summed E-state index contributed by atoms with van der Waals surface area (Å²) in [5.41, 5.74) is -0.0295. The number of hydrogen-bond acceptors (Lipinski definition) is 5. The summed E-state index contributed by atoms with van der Waals surface area (Å²) in [7, 11) is 1.29. The van der Waals surface area contributed by atoms with Crippen LogP contribution < -0.4 is 5.32 Å². The Kier molecular flexibility index (Phi) is 4.57. The number of imide groups is 1. The SMILES string of the molecule is COC(=O)c1ccccc1/C=N\N1C(=O)NC2(CCC(C)CC2)C1=O. The lowest BCUT2D eigenvalue weighted by molar-refractivity contribution is -0.132. The molecule has 1 heterocycles. The Morgan fingerprint density at radius 3 is 2.68 bits per heavy atom. The zero-order valence-corrected chi connectivity index (χ0v) is 14.3. The first-order valence-corrected chi connectivity index (χ1v) is 8.35. The Morgan fingerprint density at radius 2 is 2.00 bits per heavy atom. The van der Waals surface area contributed by atoms with Gasteiger partial charge in [-0.1, -0.05) is 25.1 Å². The summed E-state index contributed by atoms with van der Waals surface area (Å²) >= 11 is 0. The van der Waals surface area contributed by atoms with Crippen molar-refractivity contribution >= 4 is 24.1 Å². The summed E-state index contributed by atoms with van der Waals surface area (Å²) in [6, 6.07) is 6.19. The van der Waals surface area contributed by atoms with Crippen molar-refractivity contribution in [1.82, 2.24) is 10.3 Å². The molecule has 1 aromatic rings. The van der Waals surface area contributed by atoms with E-state index in [2.05, 4.69) is 17.3 Å². The first kappa shape index (κ1) is 17.1. The average Bonchev–Trinajstić information content (AvgIpc) is 2.85. The number of urea groups is 1. The fraction of sp³-hybridized carbons (Fsp3) is 0.444. The highest BCUT2D eigenvalue weighted by molar-refractivity contribution is 6.08. The van der Waals surface area contributed by atoms with Gasteiger partial charge in [0.25, 0.3) is 5.91 Å². The smallest absolute Gasteiger partial charge is 0.346 e. The van der Waals surface area contributed by atoms with E-state index in [1.807, 2.05) is 0 Å². The molecule has 0 aromatic heterocycles. The first-order chi connectivity index (χ1) is 12.0. The molecule has 1 aromatic carbocycles. The van der Waals surface area contributed by atoms with Crippen molar-refractivity contribution in [2.24, 2.45) is 11.0 Å². The number of hydrazone groups is 1. The molecule has 1 N–H and O–H groups in total. The number of benzene rings is 1. The van der Waals surface area contributed by atoms with Crippen LogP contribution >= 0.6 is 0 Å². The van der Waals surface area contributed by atoms with Crippen LogP contribution in [0.1, 0.15) is 48.5 Å². The van der Waals surface area contributed by atoms with E-state index in [1.54, 1.807) is 24.3 Å². The highest BCUT2D eigenvalue weighted by Crippen LogP contribution is 2.36. The number of carbonyl (C=O) groups is 3. The van der Waals surface area contributed by atoms with E-state index in [0.29, 0.717) is 29.9 Å². The summed E-state index contributed by atoms with van der Waals surface area (Å²) in [5.74, 6) is -0.270. The number of amides is 3. The van der Waals surface area contributed by atoms with Crippen molar-refractivity contribution in [3.63, 3.8) is 0 Å². The Hall–Kier alpha value is -2.70. The molecule has 25 heavy (non-hydrogen) atoms. The fourth-order valence-corrected chi connectivity index (χ4v) is 3.33. The minimum atomic E-state index is -0.831. The van der Waals surface area contributed by atoms with Gasteiger partial charge in [0.05, 0.1) is 18.9 Å². The minimum Gasteiger partial charge on any atom is -0.465 e. The highest BCUT2D eigenvalue weighted by Gasteiger charge is 2.52. The molecule has 3 amide bonds. The van der Waals surface area contributed by atoms with Gasteiger partial charge in [-0.15, -0.1) is 5.01 Å². The van der Waals surface area contributed by atoms with Crippen LogP contribution in [0.4, 0.5) is 4.79 Å². The van der Waals surface area contributed by atoms with Crippen LogP contribution in [0.2, 0.25) is 0 Å². The lowest BCUT2D eigenvalue weighted by Crippen LogP contribution is -2.49. The maximum absolute atomic E-state index is 12.7. The third kappa shape index (κ3) is 3.14. The average molecular weight is 343 g/mol. The molecule has 0 atom stereocenters. The van der Waals surface area contributed by atoms with E-state index in [1.165, 1.54) is 13.3 Å². The molecule has 1 aliphatic heterocycles. The Labute approximate surface area is 146 Å². The number of nitrogens with one attached hydrogen (secondary N) is 1. The van der Waals surface area contributed by atoms with Crippen molar-refractivity contribution in [3.8, 4) is 0 Å². The molecular weight excluding hydrogens is 322 g/mol. The van der Waals surface area contributed by atoms with Crippen LogP contribution in [-0.2, 0) is 9.53 Å². The van der Waals surface area contributed by atoms with E-state index >= 15 is 0 Å². The van der Waals surface area contributed by atoms with Crippen LogP contribution in [0.3, 0.4) is 0 Å². The van der Waals surface area contributed by atoms with Gasteiger partial charge in [-0.2, -0.15) is 5.10 Å². The second kappa shape index (κ2) is 6.66. The van der Waals surface area contributed by atoms with Gasteiger partial charge in [0.1, 0.15) is 5.54 Å². The van der Waals surface area contributed by atoms with Gasteiger partial charge in [0.2, 0.25) is 0 Å². The van der Waals surface area contributed by atoms with Crippen molar-refractivity contribution in [2.75, 3.05) is 7.11 Å². The van der Waals surface area contributed by atoms with Crippen LogP contribution in [-0.4, -0.2) is 41.8 Å². The van der Waals surface area contributed by atoms with E-state index < -0.39 is 17.5 Å². The largest absolute Gasteiger partial charge is 0.465 e. The summed E-state index contributed by atoms with van der Waals surface area (Å²) in [4.78, 5) is 36.7. The molecule has 1 saturated carbocycles. The number of esters is 1. The van der Waals surface area contributed by atoms with Crippen molar-refractivity contribution in [1.29, 1.82) is 0 Å². The molecular formula is C18H21N3O4. The lowest BCUT2D eigenvalue weighted by atomic mass is 9.77. The fourth-order valence-electron chi connectivity index (χ4n) is 3.33. The van der Waals surface area contributed by atoms with Crippen LogP contribution in [0.15, 0.2) is 29.4 Å². The van der Waals surface area contributed by atoms with Crippen molar-refractivity contribution < 1.29 is 19.1 Å². The van der Waals surface area contributed by atoms with Crippen molar-refractivity contribution in [2.45, 2.75) is 38.1 Å². The van der Waals surface area contributed by atoms with Gasteiger partial charge in [-0.05, 0) is 37.7 Å². The monoisotopic (exact) mass is 343 g/mol. The predicted molar refractivity (Wildman–Crippen MR) is 91.1 cm³/mol. The molecule has 132 valence electrons. The molecule has 1 aliphatic carbocycles. The topological polar surface area (TPSA) is 88.1 Å². The lowest BCUT2D eigenvalue weighted by Gasteiger charge is -2.33. The summed E-state index contributed by atoms with van der Waals surface area (Å²) in [6.07, 6.45) is 4.39. The zero-order valence-electron chi connectivity index (χ0n) is 14.3. The molecule has 0 radical (unpaired) electrons. The number of carbonyl (C=O) groups excluding carboxylic acids is 3. The number of hydrogen-bond donors (Lipinski definition) is 1. The summed E-state index contributed by atoms with van der Waals surface area (Å²) in [5, 5.41) is 7.71. The van der Waals surface area contributed by atoms with E-state index in [0.717, 1.165) is 17.9 Å². The molecule has 0 unspecified atom stereocenters. The van der Waals surface area contributed by atoms with E-state index in [-0.39, 0.29) is 5.91 Å². The molecule has 0 bridgehead atoms. The molecule has 3 rings (SSSR count). The van der Waals surface area contributed by atoms with Gasteiger partial charge in [0, 0.05) is 5.56 Å². The second-order valence-electron chi connectivity index (χ2n) is 6.64. The maximum atomic E-state index is 12.7. The first-order valence-electron chi connectivity index (χ1n) is 8.35. The van der Waals surface area contributed by atoms with Gasteiger partial charge >= 0.3 is 12.0 Å². The molecule has 2 fully saturated rings. The highest BCUT2D eigenvalue weighted by atomic mass is 16.5. The van der Waals surface area contributed by atoms with Crippen LogP contribution in [0, 0.1) is 5.92 Å². The second-order valence-corrected chi connectivity index (χ2v) is 6.64. The maximum Gasteiger partial charge on any atom is 0.346 e. The van der Waals surface area contributed by atoms with E-state index in [9.17, 15) is 14.4 Å². The molecule has 7 heteroatoms. The van der Waals surface area contributed by atoms with Gasteiger partial charge in [-0.3, -0.25) is 4.79 Å². The molecule has 2 aliphatic rings. The number of nitrogens with zero attached hydrogens (tertiary/aromatic N) is 2. The van der Waals surface area contributed by atoms with Gasteiger partial charge in [0.15, 0.2) is 0 Å². The third-order valence-electron chi connectivity index (χ3n) is 4.95. The number of methoxy groups -OCH3 is 1. The minimum absolute atomic E-state index is 0.321. The number of rotatable bonds is 3. The molecule has 1 spiro atoms. The standard InChI is InChI=1S/C18H21N3O4/c1-12-7-9-18(10-8-12)16(23)21(17(24)20-18)19-11-13-5-3-4-6-14(13)15(22)25-2/h3-6,11-12H,7-10H2,1-2H3,(H,20,24)/b19-11-. The Morgan fingerprint density at radius 1 is 1.32 bits per heavy atom. The van der Waals surface area contributed by atoms with E-state index in [4.69, 9.17) is 4.74 Å². The third-order valence-corrected chi connectivity index (χ3v) is 4.95.